The Bertz CT molecular complexity index is 244. The highest BCUT2D eigenvalue weighted by Gasteiger charge is 2.41. The average molecular weight is 213 g/mol. The van der Waals surface area contributed by atoms with Gasteiger partial charge in [0.25, 0.3) is 0 Å². The fourth-order valence-corrected chi connectivity index (χ4v) is 2.76. The van der Waals surface area contributed by atoms with Crippen LogP contribution in [-0.2, 0) is 14.3 Å². The zero-order chi connectivity index (χ0) is 10.8. The summed E-state index contributed by atoms with van der Waals surface area (Å²) in [5.41, 5.74) is 6.05. The first kappa shape index (κ1) is 10.9. The number of hydrogen-bond donors (Lipinski definition) is 1. The van der Waals surface area contributed by atoms with Crippen LogP contribution in [0.25, 0.3) is 0 Å². The van der Waals surface area contributed by atoms with Crippen LogP contribution in [0.2, 0.25) is 0 Å². The van der Waals surface area contributed by atoms with Crippen LogP contribution in [0.3, 0.4) is 0 Å². The van der Waals surface area contributed by atoms with Gasteiger partial charge in [0.15, 0.2) is 0 Å². The normalized spacial score (nSPS) is 39.9. The lowest BCUT2D eigenvalue weighted by molar-refractivity contribution is -0.143. The van der Waals surface area contributed by atoms with Crippen molar-refractivity contribution in [1.29, 1.82) is 0 Å². The topological polar surface area (TPSA) is 61.5 Å². The van der Waals surface area contributed by atoms with Crippen LogP contribution in [0.5, 0.6) is 0 Å². The van der Waals surface area contributed by atoms with Crippen LogP contribution >= 0.6 is 0 Å². The molecule has 4 nitrogen and oxygen atoms in total. The first-order valence-electron chi connectivity index (χ1n) is 5.68. The quantitative estimate of drug-likeness (QED) is 0.690. The maximum atomic E-state index is 11.1. The molecule has 1 aliphatic heterocycles. The third-order valence-electron chi connectivity index (χ3n) is 3.58. The molecule has 0 radical (unpaired) electrons. The summed E-state index contributed by atoms with van der Waals surface area (Å²) in [6, 6.07) is 0.256. The number of nitrogens with two attached hydrogens (primary N) is 1. The van der Waals surface area contributed by atoms with Crippen molar-refractivity contribution in [2.75, 3.05) is 7.11 Å². The number of hydrogen-bond acceptors (Lipinski definition) is 4. The predicted octanol–water partition coefficient (Wildman–Crippen LogP) is 0.834. The molecule has 0 amide bonds. The highest BCUT2D eigenvalue weighted by atomic mass is 16.5. The fourth-order valence-electron chi connectivity index (χ4n) is 2.76. The minimum absolute atomic E-state index is 0.0246. The van der Waals surface area contributed by atoms with Gasteiger partial charge in [-0.05, 0) is 25.7 Å². The monoisotopic (exact) mass is 213 g/mol. The molecule has 4 heteroatoms. The first-order chi connectivity index (χ1) is 7.20. The molecule has 1 aliphatic carbocycles. The van der Waals surface area contributed by atoms with Gasteiger partial charge in [0.1, 0.15) is 0 Å². The van der Waals surface area contributed by atoms with Crippen molar-refractivity contribution < 1.29 is 14.3 Å². The molecular formula is C11H19NO3. The molecule has 15 heavy (non-hydrogen) atoms. The van der Waals surface area contributed by atoms with Gasteiger partial charge in [0.05, 0.1) is 25.7 Å². The van der Waals surface area contributed by atoms with E-state index in [0.29, 0.717) is 12.3 Å². The summed E-state index contributed by atoms with van der Waals surface area (Å²) in [6.45, 7) is 0. The van der Waals surface area contributed by atoms with E-state index >= 15 is 0 Å². The molecule has 1 saturated carbocycles. The van der Waals surface area contributed by atoms with Crippen LogP contribution in [0.1, 0.15) is 32.1 Å². The second kappa shape index (κ2) is 4.49. The van der Waals surface area contributed by atoms with E-state index in [4.69, 9.17) is 10.5 Å². The van der Waals surface area contributed by atoms with Crippen molar-refractivity contribution in [3.8, 4) is 0 Å². The summed E-state index contributed by atoms with van der Waals surface area (Å²) in [5.74, 6) is 0.264. The Labute approximate surface area is 90.1 Å². The van der Waals surface area contributed by atoms with Crippen molar-refractivity contribution in [3.05, 3.63) is 0 Å². The third kappa shape index (κ3) is 2.32. The maximum absolute atomic E-state index is 11.1. The molecular weight excluding hydrogens is 194 g/mol. The lowest BCUT2D eigenvalue weighted by Crippen LogP contribution is -2.38. The molecule has 0 unspecified atom stereocenters. The van der Waals surface area contributed by atoms with Gasteiger partial charge in [-0.25, -0.2) is 0 Å². The van der Waals surface area contributed by atoms with Gasteiger partial charge >= 0.3 is 5.97 Å². The Hall–Kier alpha value is -0.610. The zero-order valence-corrected chi connectivity index (χ0v) is 9.15. The average Bonchev–Trinajstić information content (AvgIpc) is 2.62. The van der Waals surface area contributed by atoms with E-state index in [2.05, 4.69) is 4.74 Å². The second-order valence-electron chi connectivity index (χ2n) is 4.57. The molecule has 4 atom stereocenters. The Balaban J connectivity index is 1.89. The summed E-state index contributed by atoms with van der Waals surface area (Å²) in [6.07, 6.45) is 4.93. The number of carbonyl (C=O) groups excluding carboxylic acids is 1. The van der Waals surface area contributed by atoms with Crippen molar-refractivity contribution in [3.63, 3.8) is 0 Å². The smallest absolute Gasteiger partial charge is 0.308 e. The SMILES string of the molecule is COC(=O)C[C@@H]1C[C@H]2[C@H](N)CCC[C@@H]2O1. The van der Waals surface area contributed by atoms with Gasteiger partial charge in [0.2, 0.25) is 0 Å². The van der Waals surface area contributed by atoms with Crippen LogP contribution in [0.15, 0.2) is 0 Å². The molecule has 2 aliphatic rings. The van der Waals surface area contributed by atoms with Crippen molar-refractivity contribution in [1.82, 2.24) is 0 Å². The number of methoxy groups -OCH3 is 1. The van der Waals surface area contributed by atoms with Gasteiger partial charge in [-0.2, -0.15) is 0 Å². The Kier molecular flexibility index (Phi) is 3.26. The lowest BCUT2D eigenvalue weighted by atomic mass is 9.81. The minimum Gasteiger partial charge on any atom is -0.469 e. The lowest BCUT2D eigenvalue weighted by Gasteiger charge is -2.29. The van der Waals surface area contributed by atoms with E-state index in [1.807, 2.05) is 0 Å². The van der Waals surface area contributed by atoms with Crippen molar-refractivity contribution in [2.45, 2.75) is 50.4 Å². The fraction of sp³-hybridized carbons (Fsp3) is 0.909. The standard InChI is InChI=1S/C11H19NO3/c1-14-11(13)6-7-5-8-9(12)3-2-4-10(8)15-7/h7-10H,2-6,12H2,1H3/t7-,8-,9+,10-/m0/s1. The molecule has 0 spiro atoms. The molecule has 86 valence electrons. The number of carbonyl (C=O) groups is 1. The molecule has 2 N–H and O–H groups in total. The largest absolute Gasteiger partial charge is 0.469 e. The minimum atomic E-state index is -0.188. The molecule has 0 aromatic heterocycles. The van der Waals surface area contributed by atoms with Gasteiger partial charge < -0.3 is 15.2 Å². The van der Waals surface area contributed by atoms with Gasteiger partial charge in [-0.3, -0.25) is 4.79 Å². The number of esters is 1. The summed E-state index contributed by atoms with van der Waals surface area (Å²) < 4.78 is 10.5. The molecule has 0 aromatic rings. The summed E-state index contributed by atoms with van der Waals surface area (Å²) >= 11 is 0. The van der Waals surface area contributed by atoms with E-state index in [1.54, 1.807) is 0 Å². The highest BCUT2D eigenvalue weighted by molar-refractivity contribution is 5.69. The van der Waals surface area contributed by atoms with Gasteiger partial charge in [-0.15, -0.1) is 0 Å². The predicted molar refractivity (Wildman–Crippen MR) is 55.2 cm³/mol. The summed E-state index contributed by atoms with van der Waals surface area (Å²) in [4.78, 5) is 11.1. The molecule has 1 heterocycles. The summed E-state index contributed by atoms with van der Waals surface area (Å²) in [7, 11) is 1.41. The molecule has 2 fully saturated rings. The van der Waals surface area contributed by atoms with Gasteiger partial charge in [0, 0.05) is 12.0 Å². The summed E-state index contributed by atoms with van der Waals surface area (Å²) in [5, 5.41) is 0. The van der Waals surface area contributed by atoms with E-state index in [1.165, 1.54) is 7.11 Å². The van der Waals surface area contributed by atoms with Crippen molar-refractivity contribution in [2.24, 2.45) is 11.7 Å². The second-order valence-corrected chi connectivity index (χ2v) is 4.57. The highest BCUT2D eigenvalue weighted by Crippen LogP contribution is 2.37. The van der Waals surface area contributed by atoms with Crippen LogP contribution in [0, 0.1) is 5.92 Å². The van der Waals surface area contributed by atoms with E-state index in [0.717, 1.165) is 25.7 Å². The zero-order valence-electron chi connectivity index (χ0n) is 9.15. The van der Waals surface area contributed by atoms with Gasteiger partial charge in [-0.1, -0.05) is 0 Å². The van der Waals surface area contributed by atoms with E-state index in [9.17, 15) is 4.79 Å². The Morgan fingerprint density at radius 1 is 1.53 bits per heavy atom. The molecule has 0 aromatic carbocycles. The van der Waals surface area contributed by atoms with Crippen LogP contribution in [0.4, 0.5) is 0 Å². The van der Waals surface area contributed by atoms with Crippen LogP contribution in [-0.4, -0.2) is 31.3 Å². The number of rotatable bonds is 2. The number of fused-ring (bicyclic) bond motifs is 1. The van der Waals surface area contributed by atoms with E-state index in [-0.39, 0.29) is 24.2 Å². The Morgan fingerprint density at radius 2 is 2.33 bits per heavy atom. The Morgan fingerprint density at radius 3 is 3.00 bits per heavy atom. The molecule has 0 bridgehead atoms. The first-order valence-corrected chi connectivity index (χ1v) is 5.68. The van der Waals surface area contributed by atoms with Crippen molar-refractivity contribution >= 4 is 5.97 Å². The molecule has 1 saturated heterocycles. The third-order valence-corrected chi connectivity index (χ3v) is 3.58. The van der Waals surface area contributed by atoms with Crippen LogP contribution < -0.4 is 5.73 Å². The number of ether oxygens (including phenoxy) is 2. The molecule has 2 rings (SSSR count). The maximum Gasteiger partial charge on any atom is 0.308 e. The van der Waals surface area contributed by atoms with E-state index < -0.39 is 0 Å².